The van der Waals surface area contributed by atoms with Crippen molar-refractivity contribution in [3.8, 4) is 0 Å². The molecule has 0 saturated heterocycles. The van der Waals surface area contributed by atoms with E-state index in [0.29, 0.717) is 5.89 Å². The normalized spacial score (nSPS) is 16.1. The van der Waals surface area contributed by atoms with Crippen molar-refractivity contribution < 1.29 is 9.21 Å². The number of nitrogens with one attached hydrogen (secondary N) is 2. The molecule has 0 aliphatic rings. The largest absolute Gasteiger partial charge is 0.444 e. The first-order valence-corrected chi connectivity index (χ1v) is 6.42. The zero-order chi connectivity index (χ0) is 13.7. The second kappa shape index (κ2) is 6.54. The van der Waals surface area contributed by atoms with E-state index in [2.05, 4.69) is 15.6 Å². The predicted molar refractivity (Wildman–Crippen MR) is 70.1 cm³/mol. The van der Waals surface area contributed by atoms with Crippen LogP contribution in [0.25, 0.3) is 0 Å². The van der Waals surface area contributed by atoms with E-state index in [-0.39, 0.29) is 24.0 Å². The molecule has 0 saturated carbocycles. The Labute approximate surface area is 108 Å². The highest BCUT2D eigenvalue weighted by atomic mass is 16.4. The van der Waals surface area contributed by atoms with Crippen LogP contribution in [0.2, 0.25) is 0 Å². The van der Waals surface area contributed by atoms with Crippen molar-refractivity contribution in [2.45, 2.75) is 59.2 Å². The Morgan fingerprint density at radius 3 is 2.61 bits per heavy atom. The van der Waals surface area contributed by atoms with Crippen molar-refractivity contribution in [3.63, 3.8) is 0 Å². The van der Waals surface area contributed by atoms with Crippen LogP contribution in [0, 0.1) is 6.92 Å². The highest BCUT2D eigenvalue weighted by molar-refractivity contribution is 5.81. The van der Waals surface area contributed by atoms with Crippen LogP contribution < -0.4 is 10.6 Å². The van der Waals surface area contributed by atoms with Gasteiger partial charge in [0.1, 0.15) is 5.76 Å². The van der Waals surface area contributed by atoms with Gasteiger partial charge < -0.3 is 9.73 Å². The number of amides is 1. The van der Waals surface area contributed by atoms with Crippen molar-refractivity contribution >= 4 is 5.91 Å². The summed E-state index contributed by atoms with van der Waals surface area (Å²) in [6, 6.07) is -0.168. The van der Waals surface area contributed by atoms with Crippen LogP contribution in [-0.4, -0.2) is 23.0 Å². The lowest BCUT2D eigenvalue weighted by molar-refractivity contribution is -0.123. The summed E-state index contributed by atoms with van der Waals surface area (Å²) in [5, 5.41) is 6.11. The number of nitrogens with zero attached hydrogens (tertiary/aromatic N) is 1. The van der Waals surface area contributed by atoms with Gasteiger partial charge in [-0.1, -0.05) is 6.92 Å². The van der Waals surface area contributed by atoms with Crippen LogP contribution in [0.1, 0.15) is 51.8 Å². The molecule has 0 aliphatic carbocycles. The van der Waals surface area contributed by atoms with Crippen molar-refractivity contribution in [1.82, 2.24) is 15.6 Å². The molecule has 3 atom stereocenters. The fourth-order valence-corrected chi connectivity index (χ4v) is 1.56. The molecule has 1 aromatic rings. The van der Waals surface area contributed by atoms with Crippen LogP contribution in [0.4, 0.5) is 0 Å². The summed E-state index contributed by atoms with van der Waals surface area (Å²) in [7, 11) is 0. The summed E-state index contributed by atoms with van der Waals surface area (Å²) in [5.74, 6) is 1.38. The van der Waals surface area contributed by atoms with Gasteiger partial charge in [0.15, 0.2) is 0 Å². The van der Waals surface area contributed by atoms with Crippen molar-refractivity contribution in [2.24, 2.45) is 0 Å². The van der Waals surface area contributed by atoms with Crippen LogP contribution in [-0.2, 0) is 4.79 Å². The van der Waals surface area contributed by atoms with E-state index in [1.165, 1.54) is 0 Å². The Morgan fingerprint density at radius 1 is 1.44 bits per heavy atom. The molecule has 5 nitrogen and oxygen atoms in total. The van der Waals surface area contributed by atoms with E-state index in [4.69, 9.17) is 4.42 Å². The molecule has 1 aromatic heterocycles. The number of aromatic nitrogens is 1. The second-order valence-electron chi connectivity index (χ2n) is 4.74. The summed E-state index contributed by atoms with van der Waals surface area (Å²) in [4.78, 5) is 16.0. The van der Waals surface area contributed by atoms with Crippen molar-refractivity contribution in [2.75, 3.05) is 0 Å². The Hall–Kier alpha value is -1.36. The van der Waals surface area contributed by atoms with Gasteiger partial charge in [0.05, 0.1) is 18.3 Å². The minimum absolute atomic E-state index is 0.000483. The molecular weight excluding hydrogens is 230 g/mol. The molecule has 5 heteroatoms. The maximum atomic E-state index is 11.9. The number of oxazole rings is 1. The van der Waals surface area contributed by atoms with Crippen molar-refractivity contribution in [3.05, 3.63) is 17.8 Å². The number of aryl methyl sites for hydroxylation is 1. The molecule has 0 spiro atoms. The molecule has 2 N–H and O–H groups in total. The predicted octanol–water partition coefficient (Wildman–Crippen LogP) is 1.94. The highest BCUT2D eigenvalue weighted by Gasteiger charge is 2.19. The summed E-state index contributed by atoms with van der Waals surface area (Å²) < 4.78 is 5.42. The van der Waals surface area contributed by atoms with E-state index < -0.39 is 0 Å². The SMILES string of the molecule is CCC(C)NC(=O)C(C)NC(C)c1ncc(C)o1. The van der Waals surface area contributed by atoms with Gasteiger partial charge in [-0.2, -0.15) is 0 Å². The first-order valence-electron chi connectivity index (χ1n) is 6.42. The average molecular weight is 253 g/mol. The van der Waals surface area contributed by atoms with Gasteiger partial charge >= 0.3 is 0 Å². The van der Waals surface area contributed by atoms with Gasteiger partial charge in [-0.15, -0.1) is 0 Å². The van der Waals surface area contributed by atoms with E-state index in [0.717, 1.165) is 12.2 Å². The highest BCUT2D eigenvalue weighted by Crippen LogP contribution is 2.12. The van der Waals surface area contributed by atoms with E-state index in [1.807, 2.05) is 34.6 Å². The lowest BCUT2D eigenvalue weighted by Crippen LogP contribution is -2.46. The third-order valence-corrected chi connectivity index (χ3v) is 2.90. The third-order valence-electron chi connectivity index (χ3n) is 2.90. The fourth-order valence-electron chi connectivity index (χ4n) is 1.56. The number of hydrogen-bond acceptors (Lipinski definition) is 4. The zero-order valence-corrected chi connectivity index (χ0v) is 11.8. The van der Waals surface area contributed by atoms with Gasteiger partial charge in [0.25, 0.3) is 0 Å². The summed E-state index contributed by atoms with van der Waals surface area (Å²) in [6.07, 6.45) is 2.60. The molecule has 18 heavy (non-hydrogen) atoms. The average Bonchev–Trinajstić information content (AvgIpc) is 2.75. The topological polar surface area (TPSA) is 67.2 Å². The van der Waals surface area contributed by atoms with Gasteiger partial charge in [-0.05, 0) is 34.1 Å². The Bertz CT molecular complexity index is 389. The number of rotatable bonds is 6. The molecule has 0 aromatic carbocycles. The standard InChI is InChI=1S/C13H23N3O2/c1-6-8(2)15-12(17)10(4)16-11(5)13-14-7-9(3)18-13/h7-8,10-11,16H,6H2,1-5H3,(H,15,17). The summed E-state index contributed by atoms with van der Waals surface area (Å²) >= 11 is 0. The Morgan fingerprint density at radius 2 is 2.11 bits per heavy atom. The first kappa shape index (κ1) is 14.7. The molecule has 1 heterocycles. The molecule has 0 radical (unpaired) electrons. The number of carbonyl (C=O) groups excluding carboxylic acids is 1. The first-order chi connectivity index (χ1) is 8.43. The van der Waals surface area contributed by atoms with Crippen LogP contribution >= 0.6 is 0 Å². The summed E-state index contributed by atoms with van der Waals surface area (Å²) in [6.45, 7) is 9.65. The molecule has 0 bridgehead atoms. The Kier molecular flexibility index (Phi) is 5.34. The van der Waals surface area contributed by atoms with E-state index in [9.17, 15) is 4.79 Å². The second-order valence-corrected chi connectivity index (χ2v) is 4.74. The monoisotopic (exact) mass is 253 g/mol. The smallest absolute Gasteiger partial charge is 0.237 e. The molecule has 0 fully saturated rings. The molecule has 0 aliphatic heterocycles. The molecule has 3 unspecified atom stereocenters. The van der Waals surface area contributed by atoms with Crippen LogP contribution in [0.5, 0.6) is 0 Å². The Balaban J connectivity index is 2.48. The number of hydrogen-bond donors (Lipinski definition) is 2. The van der Waals surface area contributed by atoms with E-state index in [1.54, 1.807) is 6.20 Å². The van der Waals surface area contributed by atoms with Gasteiger partial charge in [-0.25, -0.2) is 4.98 Å². The van der Waals surface area contributed by atoms with Gasteiger partial charge in [0, 0.05) is 6.04 Å². The molecular formula is C13H23N3O2. The van der Waals surface area contributed by atoms with E-state index >= 15 is 0 Å². The molecule has 1 amide bonds. The quantitative estimate of drug-likeness (QED) is 0.813. The minimum Gasteiger partial charge on any atom is -0.444 e. The fraction of sp³-hybridized carbons (Fsp3) is 0.692. The lowest BCUT2D eigenvalue weighted by atomic mass is 10.2. The van der Waals surface area contributed by atoms with Crippen molar-refractivity contribution in [1.29, 1.82) is 0 Å². The maximum absolute atomic E-state index is 11.9. The third kappa shape index (κ3) is 4.14. The summed E-state index contributed by atoms with van der Waals surface area (Å²) in [5.41, 5.74) is 0. The molecule has 1 rings (SSSR count). The number of carbonyl (C=O) groups is 1. The zero-order valence-electron chi connectivity index (χ0n) is 11.8. The minimum atomic E-state index is -0.277. The molecule has 102 valence electrons. The van der Waals surface area contributed by atoms with Gasteiger partial charge in [0.2, 0.25) is 11.8 Å². The van der Waals surface area contributed by atoms with Crippen LogP contribution in [0.15, 0.2) is 10.6 Å². The lowest BCUT2D eigenvalue weighted by Gasteiger charge is -2.19. The van der Waals surface area contributed by atoms with Crippen LogP contribution in [0.3, 0.4) is 0 Å². The van der Waals surface area contributed by atoms with Gasteiger partial charge in [-0.3, -0.25) is 10.1 Å². The maximum Gasteiger partial charge on any atom is 0.237 e.